The molecule has 1 N–H and O–H groups in total. The number of esters is 1. The van der Waals surface area contributed by atoms with E-state index in [1.807, 2.05) is 12.2 Å². The molecule has 0 aromatic heterocycles. The van der Waals surface area contributed by atoms with Crippen LogP contribution in [0, 0.1) is 23.7 Å². The summed E-state index contributed by atoms with van der Waals surface area (Å²) in [5.74, 6) is -3.51. The molecule has 0 unspecified atom stereocenters. The maximum absolute atomic E-state index is 12.5. The van der Waals surface area contributed by atoms with Crippen molar-refractivity contribution >= 4 is 23.5 Å². The third-order valence-corrected chi connectivity index (χ3v) is 4.70. The average Bonchev–Trinajstić information content (AvgIpc) is 3.16. The van der Waals surface area contributed by atoms with Gasteiger partial charge in [-0.15, -0.1) is 0 Å². The van der Waals surface area contributed by atoms with Crippen LogP contribution in [0.2, 0.25) is 0 Å². The second-order valence-corrected chi connectivity index (χ2v) is 6.11. The van der Waals surface area contributed by atoms with Crippen molar-refractivity contribution in [3.05, 3.63) is 42.0 Å². The van der Waals surface area contributed by atoms with Crippen LogP contribution >= 0.6 is 0 Å². The number of allylic oxidation sites excluding steroid dienone is 2. The van der Waals surface area contributed by atoms with Crippen LogP contribution in [0.15, 0.2) is 36.4 Å². The summed E-state index contributed by atoms with van der Waals surface area (Å²) < 4.78 is 4.90. The van der Waals surface area contributed by atoms with Crippen LogP contribution in [0.25, 0.3) is 0 Å². The van der Waals surface area contributed by atoms with E-state index < -0.39 is 23.8 Å². The topological polar surface area (TPSA) is 95.5 Å². The zero-order chi connectivity index (χ0) is 17.3. The molecular formula is C18H18NO5-. The highest BCUT2D eigenvalue weighted by Crippen LogP contribution is 2.48. The minimum Gasteiger partial charge on any atom is -0.550 e. The molecule has 1 amide bonds. The summed E-state index contributed by atoms with van der Waals surface area (Å²) in [7, 11) is 0. The Labute approximate surface area is 139 Å². The van der Waals surface area contributed by atoms with Gasteiger partial charge in [0.15, 0.2) is 0 Å². The number of amides is 1. The van der Waals surface area contributed by atoms with Crippen molar-refractivity contribution in [2.24, 2.45) is 23.7 Å². The van der Waals surface area contributed by atoms with Gasteiger partial charge in [-0.25, -0.2) is 4.79 Å². The van der Waals surface area contributed by atoms with E-state index in [2.05, 4.69) is 5.32 Å². The molecule has 0 heterocycles. The highest BCUT2D eigenvalue weighted by atomic mass is 16.5. The maximum atomic E-state index is 12.5. The summed E-state index contributed by atoms with van der Waals surface area (Å²) in [6.07, 6.45) is 4.46. The molecule has 0 radical (unpaired) electrons. The molecule has 6 heteroatoms. The average molecular weight is 328 g/mol. The Hall–Kier alpha value is -2.63. The molecule has 4 atom stereocenters. The Morgan fingerprint density at radius 2 is 1.75 bits per heavy atom. The summed E-state index contributed by atoms with van der Waals surface area (Å²) in [6.45, 7) is 2.02. The number of carboxylic acid groups (broad SMARTS) is 1. The molecule has 1 fully saturated rings. The Morgan fingerprint density at radius 3 is 2.33 bits per heavy atom. The molecule has 3 rings (SSSR count). The van der Waals surface area contributed by atoms with Crippen molar-refractivity contribution in [3.8, 4) is 0 Å². The standard InChI is InChI=1S/C18H19NO5/c1-2-24-18(23)10-5-7-13(8-6-10)19-16(20)14-11-3-4-12(9-11)15(14)17(21)22/h3-8,11-12,14-15H,2,9H2,1H3,(H,19,20)(H,21,22)/p-1/t11-,12+,14+,15-/m0/s1. The van der Waals surface area contributed by atoms with E-state index in [1.54, 1.807) is 31.2 Å². The first-order chi connectivity index (χ1) is 11.5. The first-order valence-electron chi connectivity index (χ1n) is 7.98. The van der Waals surface area contributed by atoms with Gasteiger partial charge in [0.2, 0.25) is 5.91 Å². The Morgan fingerprint density at radius 1 is 1.12 bits per heavy atom. The molecule has 0 saturated heterocycles. The quantitative estimate of drug-likeness (QED) is 0.642. The predicted molar refractivity (Wildman–Crippen MR) is 83.8 cm³/mol. The summed E-state index contributed by atoms with van der Waals surface area (Å²) in [6, 6.07) is 6.32. The molecule has 1 saturated carbocycles. The van der Waals surface area contributed by atoms with Crippen molar-refractivity contribution in [1.29, 1.82) is 0 Å². The van der Waals surface area contributed by atoms with E-state index >= 15 is 0 Å². The molecule has 0 spiro atoms. The van der Waals surface area contributed by atoms with Crippen LogP contribution in [-0.4, -0.2) is 24.5 Å². The first-order valence-corrected chi connectivity index (χ1v) is 7.98. The van der Waals surface area contributed by atoms with Crippen molar-refractivity contribution < 1.29 is 24.2 Å². The molecule has 24 heavy (non-hydrogen) atoms. The van der Waals surface area contributed by atoms with Gasteiger partial charge in [-0.05, 0) is 49.4 Å². The summed E-state index contributed by atoms with van der Waals surface area (Å²) in [4.78, 5) is 35.5. The highest BCUT2D eigenvalue weighted by molar-refractivity contribution is 5.97. The number of carboxylic acids is 1. The molecular weight excluding hydrogens is 310 g/mol. The molecule has 126 valence electrons. The normalized spacial score (nSPS) is 27.0. The van der Waals surface area contributed by atoms with E-state index in [0.717, 1.165) is 0 Å². The molecule has 6 nitrogen and oxygen atoms in total. The van der Waals surface area contributed by atoms with E-state index in [9.17, 15) is 19.5 Å². The van der Waals surface area contributed by atoms with Crippen molar-refractivity contribution in [3.63, 3.8) is 0 Å². The van der Waals surface area contributed by atoms with Crippen LogP contribution in [0.1, 0.15) is 23.7 Å². The predicted octanol–water partition coefficient (Wildman–Crippen LogP) is 0.990. The lowest BCUT2D eigenvalue weighted by molar-refractivity contribution is -0.313. The minimum atomic E-state index is -1.18. The van der Waals surface area contributed by atoms with E-state index in [1.165, 1.54) is 0 Å². The van der Waals surface area contributed by atoms with Crippen LogP contribution in [0.4, 0.5) is 5.69 Å². The van der Waals surface area contributed by atoms with E-state index in [0.29, 0.717) is 24.3 Å². The molecule has 2 aliphatic carbocycles. The molecule has 1 aromatic rings. The zero-order valence-corrected chi connectivity index (χ0v) is 13.2. The zero-order valence-electron chi connectivity index (χ0n) is 13.2. The SMILES string of the molecule is CCOC(=O)c1ccc(NC(=O)[C@H]2[C@@H](C(=O)[O-])[C@@H]3C=C[C@H]2C3)cc1. The first kappa shape index (κ1) is 16.2. The number of hydrogen-bond acceptors (Lipinski definition) is 5. The lowest BCUT2D eigenvalue weighted by Gasteiger charge is -2.27. The number of carbonyl (C=O) groups is 3. The number of nitrogens with one attached hydrogen (secondary N) is 1. The fourth-order valence-corrected chi connectivity index (χ4v) is 3.63. The smallest absolute Gasteiger partial charge is 0.338 e. The third kappa shape index (κ3) is 2.91. The lowest BCUT2D eigenvalue weighted by Crippen LogP contribution is -2.42. The van der Waals surface area contributed by atoms with Crippen LogP contribution < -0.4 is 10.4 Å². The molecule has 2 aliphatic rings. The van der Waals surface area contributed by atoms with Crippen molar-refractivity contribution in [2.75, 3.05) is 11.9 Å². The van der Waals surface area contributed by atoms with Crippen molar-refractivity contribution in [1.82, 2.24) is 0 Å². The number of aliphatic carboxylic acids is 1. The monoisotopic (exact) mass is 328 g/mol. The lowest BCUT2D eigenvalue weighted by atomic mass is 9.82. The van der Waals surface area contributed by atoms with Gasteiger partial charge >= 0.3 is 5.97 Å². The number of rotatable bonds is 5. The molecule has 2 bridgehead atoms. The van der Waals surface area contributed by atoms with E-state index in [4.69, 9.17) is 4.74 Å². The van der Waals surface area contributed by atoms with E-state index in [-0.39, 0.29) is 17.7 Å². The Balaban J connectivity index is 1.70. The number of fused-ring (bicyclic) bond motifs is 2. The number of carbonyl (C=O) groups excluding carboxylic acids is 3. The Bertz CT molecular complexity index is 694. The highest BCUT2D eigenvalue weighted by Gasteiger charge is 2.48. The summed E-state index contributed by atoms with van der Waals surface area (Å²) in [5.41, 5.74) is 0.905. The second kappa shape index (κ2) is 6.47. The van der Waals surface area contributed by atoms with Crippen LogP contribution in [0.5, 0.6) is 0 Å². The molecule has 0 aliphatic heterocycles. The van der Waals surface area contributed by atoms with Crippen molar-refractivity contribution in [2.45, 2.75) is 13.3 Å². The number of benzene rings is 1. The van der Waals surface area contributed by atoms with Gasteiger partial charge in [0.05, 0.1) is 18.1 Å². The van der Waals surface area contributed by atoms with Gasteiger partial charge in [0, 0.05) is 17.6 Å². The van der Waals surface area contributed by atoms with Crippen LogP contribution in [0.3, 0.4) is 0 Å². The van der Waals surface area contributed by atoms with Gasteiger partial charge in [0.25, 0.3) is 0 Å². The summed E-state index contributed by atoms with van der Waals surface area (Å²) >= 11 is 0. The molecule has 1 aromatic carbocycles. The Kier molecular flexibility index (Phi) is 4.38. The minimum absolute atomic E-state index is 0.0586. The largest absolute Gasteiger partial charge is 0.550 e. The van der Waals surface area contributed by atoms with Gasteiger partial charge < -0.3 is 20.0 Å². The fourth-order valence-electron chi connectivity index (χ4n) is 3.63. The fraction of sp³-hybridized carbons (Fsp3) is 0.389. The number of anilines is 1. The third-order valence-electron chi connectivity index (χ3n) is 4.70. The van der Waals surface area contributed by atoms with Gasteiger partial charge in [-0.2, -0.15) is 0 Å². The number of ether oxygens (including phenoxy) is 1. The maximum Gasteiger partial charge on any atom is 0.338 e. The second-order valence-electron chi connectivity index (χ2n) is 6.11. The van der Waals surface area contributed by atoms with Gasteiger partial charge in [-0.1, -0.05) is 12.2 Å². The number of hydrogen-bond donors (Lipinski definition) is 1. The summed E-state index contributed by atoms with van der Waals surface area (Å²) in [5, 5.41) is 14.1. The van der Waals surface area contributed by atoms with Gasteiger partial charge in [-0.3, -0.25) is 4.79 Å². The van der Waals surface area contributed by atoms with Gasteiger partial charge in [0.1, 0.15) is 0 Å². The van der Waals surface area contributed by atoms with Crippen LogP contribution in [-0.2, 0) is 14.3 Å².